The van der Waals surface area contributed by atoms with E-state index < -0.39 is 6.10 Å². The van der Waals surface area contributed by atoms with Gasteiger partial charge >= 0.3 is 0 Å². The van der Waals surface area contributed by atoms with E-state index in [0.717, 1.165) is 25.1 Å². The summed E-state index contributed by atoms with van der Waals surface area (Å²) < 4.78 is 7.82. The van der Waals surface area contributed by atoms with E-state index >= 15 is 0 Å². The molecule has 4 heteroatoms. The van der Waals surface area contributed by atoms with E-state index in [1.807, 2.05) is 6.92 Å². The molecule has 1 aromatic heterocycles. The second-order valence-corrected chi connectivity index (χ2v) is 6.56. The predicted octanol–water partition coefficient (Wildman–Crippen LogP) is 2.86. The molecule has 2 atom stereocenters. The first kappa shape index (κ1) is 14.1. The highest BCUT2D eigenvalue weighted by molar-refractivity contribution is 5.04. The Bertz CT molecular complexity index is 431. The van der Waals surface area contributed by atoms with Gasteiger partial charge in [0.05, 0.1) is 23.4 Å². The van der Waals surface area contributed by atoms with Crippen LogP contribution in [0, 0.1) is 0 Å². The Labute approximate surface area is 121 Å². The molecule has 2 fully saturated rings. The Kier molecular flexibility index (Phi) is 4.13. The number of hydrogen-bond donors (Lipinski definition) is 1. The van der Waals surface area contributed by atoms with Gasteiger partial charge in [-0.25, -0.2) is 0 Å². The number of aromatic nitrogens is 2. The van der Waals surface area contributed by atoms with Gasteiger partial charge in [0.2, 0.25) is 0 Å². The van der Waals surface area contributed by atoms with Crippen molar-refractivity contribution in [3.63, 3.8) is 0 Å². The van der Waals surface area contributed by atoms with Crippen LogP contribution in [0.3, 0.4) is 0 Å². The SMILES string of the molecule is CC1(C(O)Cc2ccn(C3CCCCC3)n2)CCCO1. The maximum atomic E-state index is 10.4. The lowest BCUT2D eigenvalue weighted by Crippen LogP contribution is -2.40. The van der Waals surface area contributed by atoms with E-state index in [-0.39, 0.29) is 5.60 Å². The minimum atomic E-state index is -0.459. The van der Waals surface area contributed by atoms with Crippen molar-refractivity contribution in [3.05, 3.63) is 18.0 Å². The summed E-state index contributed by atoms with van der Waals surface area (Å²) >= 11 is 0. The number of aliphatic hydroxyl groups is 1. The highest BCUT2D eigenvalue weighted by Gasteiger charge is 2.37. The fraction of sp³-hybridized carbons (Fsp3) is 0.812. The average molecular weight is 278 g/mol. The molecule has 1 aliphatic heterocycles. The van der Waals surface area contributed by atoms with Gasteiger partial charge in [-0.3, -0.25) is 4.68 Å². The molecule has 4 nitrogen and oxygen atoms in total. The summed E-state index contributed by atoms with van der Waals surface area (Å²) in [4.78, 5) is 0. The maximum Gasteiger partial charge on any atom is 0.0916 e. The Hall–Kier alpha value is -0.870. The molecule has 0 radical (unpaired) electrons. The molecule has 0 bridgehead atoms. The lowest BCUT2D eigenvalue weighted by atomic mass is 9.92. The maximum absolute atomic E-state index is 10.4. The number of aliphatic hydroxyl groups excluding tert-OH is 1. The lowest BCUT2D eigenvalue weighted by Gasteiger charge is -2.28. The van der Waals surface area contributed by atoms with Gasteiger partial charge in [-0.2, -0.15) is 5.10 Å². The molecule has 1 aromatic rings. The van der Waals surface area contributed by atoms with Gasteiger partial charge in [-0.15, -0.1) is 0 Å². The van der Waals surface area contributed by atoms with Crippen molar-refractivity contribution in [2.45, 2.75) is 76.0 Å². The average Bonchev–Trinajstić information content (AvgIpc) is 3.10. The first-order chi connectivity index (χ1) is 9.67. The fourth-order valence-corrected chi connectivity index (χ4v) is 3.51. The zero-order valence-electron chi connectivity index (χ0n) is 12.4. The third-order valence-corrected chi connectivity index (χ3v) is 4.97. The number of hydrogen-bond acceptors (Lipinski definition) is 3. The van der Waals surface area contributed by atoms with Crippen LogP contribution in [-0.4, -0.2) is 33.2 Å². The summed E-state index contributed by atoms with van der Waals surface area (Å²) in [5.41, 5.74) is 0.606. The highest BCUT2D eigenvalue weighted by Crippen LogP contribution is 2.31. The van der Waals surface area contributed by atoms with Gasteiger partial charge in [0.15, 0.2) is 0 Å². The molecule has 2 heterocycles. The third-order valence-electron chi connectivity index (χ3n) is 4.97. The predicted molar refractivity (Wildman–Crippen MR) is 77.7 cm³/mol. The first-order valence-electron chi connectivity index (χ1n) is 8.03. The standard InChI is InChI=1S/C16H26N2O2/c1-16(9-5-11-20-16)15(19)12-13-8-10-18(17-13)14-6-3-2-4-7-14/h8,10,14-15,19H,2-7,9,11-12H2,1H3. The minimum absolute atomic E-state index is 0.380. The van der Waals surface area contributed by atoms with E-state index in [9.17, 15) is 5.11 Å². The number of nitrogens with zero attached hydrogens (tertiary/aromatic N) is 2. The van der Waals surface area contributed by atoms with Crippen molar-refractivity contribution in [1.82, 2.24) is 9.78 Å². The first-order valence-corrected chi connectivity index (χ1v) is 8.03. The summed E-state index contributed by atoms with van der Waals surface area (Å²) in [6, 6.07) is 2.61. The molecular formula is C16H26N2O2. The van der Waals surface area contributed by atoms with Gasteiger partial charge in [0, 0.05) is 19.2 Å². The van der Waals surface area contributed by atoms with Gasteiger partial charge in [0.1, 0.15) is 0 Å². The zero-order valence-corrected chi connectivity index (χ0v) is 12.4. The van der Waals surface area contributed by atoms with Crippen LogP contribution in [0.25, 0.3) is 0 Å². The number of rotatable bonds is 4. The molecule has 0 spiro atoms. The molecule has 0 amide bonds. The molecule has 0 aromatic carbocycles. The normalized spacial score (nSPS) is 29.7. The van der Waals surface area contributed by atoms with Crippen molar-refractivity contribution < 1.29 is 9.84 Å². The lowest BCUT2D eigenvalue weighted by molar-refractivity contribution is -0.0771. The van der Waals surface area contributed by atoms with E-state index in [1.165, 1.54) is 32.1 Å². The summed E-state index contributed by atoms with van der Waals surface area (Å²) in [6.07, 6.45) is 10.7. The van der Waals surface area contributed by atoms with Crippen molar-refractivity contribution in [3.8, 4) is 0 Å². The van der Waals surface area contributed by atoms with E-state index in [2.05, 4.69) is 22.0 Å². The van der Waals surface area contributed by atoms with E-state index in [4.69, 9.17) is 4.74 Å². The fourth-order valence-electron chi connectivity index (χ4n) is 3.51. The molecule has 112 valence electrons. The molecule has 1 saturated carbocycles. The van der Waals surface area contributed by atoms with E-state index in [1.54, 1.807) is 0 Å². The third kappa shape index (κ3) is 2.91. The molecule has 1 aliphatic carbocycles. The van der Waals surface area contributed by atoms with Crippen LogP contribution in [0.2, 0.25) is 0 Å². The Morgan fingerprint density at radius 3 is 2.90 bits per heavy atom. The second kappa shape index (κ2) is 5.86. The Balaban J connectivity index is 1.61. The van der Waals surface area contributed by atoms with Crippen molar-refractivity contribution in [1.29, 1.82) is 0 Å². The largest absolute Gasteiger partial charge is 0.390 e. The van der Waals surface area contributed by atoms with Crippen LogP contribution in [0.4, 0.5) is 0 Å². The van der Waals surface area contributed by atoms with Crippen LogP contribution in [0.5, 0.6) is 0 Å². The summed E-state index contributed by atoms with van der Waals surface area (Å²) in [5, 5.41) is 15.1. The van der Waals surface area contributed by atoms with Crippen LogP contribution in [-0.2, 0) is 11.2 Å². The molecular weight excluding hydrogens is 252 g/mol. The topological polar surface area (TPSA) is 47.3 Å². The number of ether oxygens (including phenoxy) is 1. The van der Waals surface area contributed by atoms with Crippen LogP contribution in [0.15, 0.2) is 12.3 Å². The molecule has 1 saturated heterocycles. The van der Waals surface area contributed by atoms with Crippen molar-refractivity contribution >= 4 is 0 Å². The zero-order chi connectivity index (χ0) is 14.0. The Morgan fingerprint density at radius 1 is 1.40 bits per heavy atom. The van der Waals surface area contributed by atoms with Gasteiger partial charge in [0.25, 0.3) is 0 Å². The molecule has 3 rings (SSSR count). The van der Waals surface area contributed by atoms with Crippen molar-refractivity contribution in [2.75, 3.05) is 6.61 Å². The monoisotopic (exact) mass is 278 g/mol. The molecule has 1 N–H and O–H groups in total. The van der Waals surface area contributed by atoms with Crippen LogP contribution >= 0.6 is 0 Å². The second-order valence-electron chi connectivity index (χ2n) is 6.56. The van der Waals surface area contributed by atoms with E-state index in [0.29, 0.717) is 12.5 Å². The van der Waals surface area contributed by atoms with Crippen LogP contribution < -0.4 is 0 Å². The molecule has 2 unspecified atom stereocenters. The molecule has 2 aliphatic rings. The smallest absolute Gasteiger partial charge is 0.0916 e. The van der Waals surface area contributed by atoms with Crippen molar-refractivity contribution in [2.24, 2.45) is 0 Å². The summed E-state index contributed by atoms with van der Waals surface area (Å²) in [5.74, 6) is 0. The summed E-state index contributed by atoms with van der Waals surface area (Å²) in [7, 11) is 0. The Morgan fingerprint density at radius 2 is 2.20 bits per heavy atom. The minimum Gasteiger partial charge on any atom is -0.390 e. The molecule has 20 heavy (non-hydrogen) atoms. The highest BCUT2D eigenvalue weighted by atomic mass is 16.5. The summed E-state index contributed by atoms with van der Waals surface area (Å²) in [6.45, 7) is 2.78. The quantitative estimate of drug-likeness (QED) is 0.921. The van der Waals surface area contributed by atoms with Gasteiger partial charge in [-0.1, -0.05) is 19.3 Å². The van der Waals surface area contributed by atoms with Gasteiger partial charge in [-0.05, 0) is 38.7 Å². The van der Waals surface area contributed by atoms with Gasteiger partial charge < -0.3 is 9.84 Å². The van der Waals surface area contributed by atoms with Crippen LogP contribution in [0.1, 0.15) is 63.6 Å².